The molecule has 0 aliphatic heterocycles. The number of nitrogens with one attached hydrogen (secondary N) is 1. The third kappa shape index (κ3) is 2.87. The number of benzene rings is 2. The van der Waals surface area contributed by atoms with Gasteiger partial charge in [-0.1, -0.05) is 18.2 Å². The number of hydrogen-bond acceptors (Lipinski definition) is 4. The third-order valence-electron chi connectivity index (χ3n) is 5.08. The van der Waals surface area contributed by atoms with Crippen molar-refractivity contribution in [1.82, 2.24) is 14.9 Å². The largest absolute Gasteiger partial charge is 0.465 e. The molecule has 2 aromatic heterocycles. The van der Waals surface area contributed by atoms with Crippen molar-refractivity contribution in [3.63, 3.8) is 0 Å². The smallest absolute Gasteiger partial charge is 0.340 e. The molecule has 6 heteroatoms. The van der Waals surface area contributed by atoms with E-state index in [1.165, 1.54) is 14.0 Å². The van der Waals surface area contributed by atoms with Crippen LogP contribution >= 0.6 is 0 Å². The number of fused-ring (bicyclic) bond motifs is 4. The highest BCUT2D eigenvalue weighted by Gasteiger charge is 2.22. The highest BCUT2D eigenvalue weighted by atomic mass is 16.5. The van der Waals surface area contributed by atoms with Gasteiger partial charge in [0.2, 0.25) is 5.91 Å². The summed E-state index contributed by atoms with van der Waals surface area (Å²) < 4.78 is 7.09. The van der Waals surface area contributed by atoms with Gasteiger partial charge in [0, 0.05) is 54.0 Å². The Kier molecular flexibility index (Phi) is 4.47. The minimum Gasteiger partial charge on any atom is -0.465 e. The Morgan fingerprint density at radius 1 is 1.14 bits per heavy atom. The first-order valence-corrected chi connectivity index (χ1v) is 9.14. The van der Waals surface area contributed by atoms with E-state index in [0.29, 0.717) is 24.2 Å². The quantitative estimate of drug-likeness (QED) is 0.554. The van der Waals surface area contributed by atoms with Crippen LogP contribution in [0.5, 0.6) is 0 Å². The van der Waals surface area contributed by atoms with E-state index in [1.807, 2.05) is 47.3 Å². The Morgan fingerprint density at radius 2 is 1.93 bits per heavy atom. The van der Waals surface area contributed by atoms with Crippen LogP contribution in [0.2, 0.25) is 0 Å². The summed E-state index contributed by atoms with van der Waals surface area (Å²) in [7, 11) is 1.39. The molecule has 2 heterocycles. The summed E-state index contributed by atoms with van der Waals surface area (Å²) in [5.74, 6) is -0.449. The van der Waals surface area contributed by atoms with Gasteiger partial charge < -0.3 is 14.6 Å². The average Bonchev–Trinajstić information content (AvgIpc) is 3.07. The summed E-state index contributed by atoms with van der Waals surface area (Å²) in [6, 6.07) is 9.81. The summed E-state index contributed by atoms with van der Waals surface area (Å²) in [6.45, 7) is 4.73. The van der Waals surface area contributed by atoms with Gasteiger partial charge in [-0.05, 0) is 24.6 Å². The minimum absolute atomic E-state index is 0.0541. The summed E-state index contributed by atoms with van der Waals surface area (Å²) in [6.07, 6.45) is 3.92. The van der Waals surface area contributed by atoms with E-state index in [9.17, 15) is 9.59 Å². The monoisotopic (exact) mass is 375 g/mol. The van der Waals surface area contributed by atoms with Gasteiger partial charge in [0.15, 0.2) is 0 Å². The Morgan fingerprint density at radius 3 is 2.68 bits per heavy atom. The number of para-hydroxylation sites is 1. The predicted molar refractivity (Wildman–Crippen MR) is 110 cm³/mol. The molecule has 0 saturated heterocycles. The van der Waals surface area contributed by atoms with Gasteiger partial charge >= 0.3 is 5.97 Å². The maximum atomic E-state index is 12.6. The second kappa shape index (κ2) is 6.96. The number of pyridine rings is 1. The van der Waals surface area contributed by atoms with Crippen LogP contribution in [0.1, 0.15) is 22.8 Å². The van der Waals surface area contributed by atoms with Crippen molar-refractivity contribution in [3.8, 4) is 0 Å². The van der Waals surface area contributed by atoms with E-state index in [0.717, 1.165) is 32.6 Å². The van der Waals surface area contributed by atoms with Crippen molar-refractivity contribution in [2.45, 2.75) is 20.4 Å². The lowest BCUT2D eigenvalue weighted by molar-refractivity contribution is -0.118. The number of rotatable bonds is 4. The summed E-state index contributed by atoms with van der Waals surface area (Å²) in [5.41, 5.74) is 3.09. The van der Waals surface area contributed by atoms with Gasteiger partial charge in [-0.2, -0.15) is 0 Å². The van der Waals surface area contributed by atoms with Crippen molar-refractivity contribution < 1.29 is 14.3 Å². The number of esters is 1. The second-order valence-corrected chi connectivity index (χ2v) is 6.84. The lowest BCUT2D eigenvalue weighted by Crippen LogP contribution is -2.24. The van der Waals surface area contributed by atoms with E-state index in [1.54, 1.807) is 0 Å². The SMILES string of the molecule is COC(=O)c1c2ccn(CCNC(C)=O)cc2c(C)c2c1nc1ccccc12. The molecule has 28 heavy (non-hydrogen) atoms. The fourth-order valence-electron chi connectivity index (χ4n) is 3.77. The zero-order valence-electron chi connectivity index (χ0n) is 16.1. The van der Waals surface area contributed by atoms with E-state index >= 15 is 0 Å². The van der Waals surface area contributed by atoms with Gasteiger partial charge in [0.1, 0.15) is 0 Å². The normalized spacial score (nSPS) is 11.2. The first-order chi connectivity index (χ1) is 13.5. The molecule has 4 aromatic rings. The summed E-state index contributed by atoms with van der Waals surface area (Å²) in [4.78, 5) is 28.5. The molecular formula is C22H21N3O3. The van der Waals surface area contributed by atoms with Crippen LogP contribution in [-0.4, -0.2) is 35.1 Å². The van der Waals surface area contributed by atoms with Crippen LogP contribution in [0.3, 0.4) is 0 Å². The molecule has 0 fully saturated rings. The fraction of sp³-hybridized carbons (Fsp3) is 0.227. The van der Waals surface area contributed by atoms with E-state index in [2.05, 4.69) is 12.2 Å². The molecule has 6 nitrogen and oxygen atoms in total. The second-order valence-electron chi connectivity index (χ2n) is 6.84. The van der Waals surface area contributed by atoms with Crippen LogP contribution in [0.25, 0.3) is 32.6 Å². The molecule has 0 atom stereocenters. The number of amides is 1. The molecule has 0 aliphatic rings. The van der Waals surface area contributed by atoms with Gasteiger partial charge in [0.05, 0.1) is 23.7 Å². The van der Waals surface area contributed by atoms with Crippen LogP contribution < -0.4 is 5.32 Å². The first kappa shape index (κ1) is 18.0. The zero-order chi connectivity index (χ0) is 19.8. The molecule has 0 unspecified atom stereocenters. The van der Waals surface area contributed by atoms with Crippen molar-refractivity contribution in [3.05, 3.63) is 53.9 Å². The maximum absolute atomic E-state index is 12.6. The van der Waals surface area contributed by atoms with Gasteiger partial charge in [0.25, 0.3) is 0 Å². The number of carbonyl (C=O) groups excluding carboxylic acids is 2. The summed E-state index contributed by atoms with van der Waals surface area (Å²) in [5, 5.41) is 6.58. The van der Waals surface area contributed by atoms with E-state index < -0.39 is 5.97 Å². The number of aryl methyl sites for hydroxylation is 1. The molecule has 1 N–H and O–H groups in total. The van der Waals surface area contributed by atoms with Crippen molar-refractivity contribution in [2.24, 2.45) is 0 Å². The molecule has 0 saturated carbocycles. The Bertz CT molecular complexity index is 1240. The summed E-state index contributed by atoms with van der Waals surface area (Å²) >= 11 is 0. The highest BCUT2D eigenvalue weighted by Crippen LogP contribution is 2.37. The van der Waals surface area contributed by atoms with Crippen LogP contribution in [0, 0.1) is 6.92 Å². The van der Waals surface area contributed by atoms with Gasteiger partial charge in [-0.25, -0.2) is 9.78 Å². The number of nitrogens with zero attached hydrogens (tertiary/aromatic N) is 2. The molecule has 0 bridgehead atoms. The molecule has 0 spiro atoms. The molecule has 2 aromatic carbocycles. The molecule has 0 radical (unpaired) electrons. The standard InChI is InChI=1S/C22H21N3O3/c1-13-17-12-25(11-9-23-14(2)26)10-8-15(17)20(22(27)28-3)21-19(13)16-6-4-5-7-18(16)24-21/h4-8,10,12H,9,11H2,1-3H3,(H,23,26). The van der Waals surface area contributed by atoms with E-state index in [-0.39, 0.29) is 5.91 Å². The number of aromatic nitrogens is 2. The lowest BCUT2D eigenvalue weighted by Gasteiger charge is -2.14. The first-order valence-electron chi connectivity index (χ1n) is 9.14. The Balaban J connectivity index is 2.00. The van der Waals surface area contributed by atoms with Gasteiger partial charge in [-0.15, -0.1) is 0 Å². The molecule has 4 rings (SSSR count). The minimum atomic E-state index is -0.395. The average molecular weight is 375 g/mol. The fourth-order valence-corrected chi connectivity index (χ4v) is 3.77. The maximum Gasteiger partial charge on any atom is 0.340 e. The van der Waals surface area contributed by atoms with E-state index in [4.69, 9.17) is 9.72 Å². The number of ether oxygens (including phenoxy) is 1. The topological polar surface area (TPSA) is 73.2 Å². The van der Waals surface area contributed by atoms with Crippen molar-refractivity contribution in [1.29, 1.82) is 0 Å². The number of hydrogen-bond donors (Lipinski definition) is 1. The molecule has 1 amide bonds. The van der Waals surface area contributed by atoms with Crippen molar-refractivity contribution in [2.75, 3.05) is 13.7 Å². The third-order valence-corrected chi connectivity index (χ3v) is 5.08. The zero-order valence-corrected chi connectivity index (χ0v) is 16.1. The molecule has 0 aliphatic carbocycles. The molecular weight excluding hydrogens is 354 g/mol. The van der Waals surface area contributed by atoms with Crippen LogP contribution in [0.4, 0.5) is 0 Å². The molecule has 142 valence electrons. The predicted octanol–water partition coefficient (Wildman–Crippen LogP) is 3.57. The van der Waals surface area contributed by atoms with Crippen LogP contribution in [0.15, 0.2) is 42.7 Å². The lowest BCUT2D eigenvalue weighted by atomic mass is 9.96. The van der Waals surface area contributed by atoms with Crippen molar-refractivity contribution >= 4 is 44.5 Å². The van der Waals surface area contributed by atoms with Gasteiger partial charge in [-0.3, -0.25) is 4.79 Å². The number of methoxy groups -OCH3 is 1. The Labute approximate surface area is 162 Å². The Hall–Kier alpha value is -3.41. The van der Waals surface area contributed by atoms with Crippen LogP contribution in [-0.2, 0) is 16.1 Å². The number of carbonyl (C=O) groups is 2. The highest BCUT2D eigenvalue weighted by molar-refractivity contribution is 6.23.